The van der Waals surface area contributed by atoms with E-state index in [1.807, 2.05) is 0 Å². The topological polar surface area (TPSA) is 50.4 Å². The fourth-order valence-electron chi connectivity index (χ4n) is 0.911. The molecule has 6 heteroatoms. The van der Waals surface area contributed by atoms with Crippen molar-refractivity contribution in [3.05, 3.63) is 29.0 Å². The molecule has 0 aliphatic rings. The maximum Gasteiger partial charge on any atom is 0.271 e. The molecule has 1 aromatic carbocycles. The molecule has 0 aliphatic heterocycles. The second-order valence-electron chi connectivity index (χ2n) is 2.66. The maximum atomic E-state index is 12.6. The highest BCUT2D eigenvalue weighted by atomic mass is 35.5. The Balaban J connectivity index is 2.54. The van der Waals surface area contributed by atoms with E-state index in [4.69, 9.17) is 16.3 Å². The number of ether oxygens (including phenoxy) is 1. The van der Waals surface area contributed by atoms with Crippen LogP contribution in [0.2, 0.25) is 5.02 Å². The molecular formula is C9H10ClFN2O2. The van der Waals surface area contributed by atoms with Crippen molar-refractivity contribution < 1.29 is 13.9 Å². The number of hydrazine groups is 1. The van der Waals surface area contributed by atoms with Gasteiger partial charge in [0.25, 0.3) is 5.91 Å². The van der Waals surface area contributed by atoms with Crippen molar-refractivity contribution in [3.8, 4) is 5.75 Å². The standard InChI is InChI=1S/C9H10ClFN2O2/c1-12-13-9(14)5-15-8-3-2-6(11)4-7(8)10/h2-4,12H,5H2,1H3,(H,13,14). The van der Waals surface area contributed by atoms with E-state index in [2.05, 4.69) is 10.9 Å². The van der Waals surface area contributed by atoms with E-state index in [0.717, 1.165) is 6.07 Å². The smallest absolute Gasteiger partial charge is 0.271 e. The average molecular weight is 233 g/mol. The summed E-state index contributed by atoms with van der Waals surface area (Å²) in [5.74, 6) is -0.533. The second-order valence-corrected chi connectivity index (χ2v) is 3.07. The van der Waals surface area contributed by atoms with E-state index in [1.54, 1.807) is 7.05 Å². The number of amides is 1. The van der Waals surface area contributed by atoms with E-state index in [-0.39, 0.29) is 23.3 Å². The van der Waals surface area contributed by atoms with Gasteiger partial charge >= 0.3 is 0 Å². The lowest BCUT2D eigenvalue weighted by molar-refractivity contribution is -0.123. The Bertz CT molecular complexity index is 360. The van der Waals surface area contributed by atoms with Gasteiger partial charge in [-0.25, -0.2) is 9.82 Å². The van der Waals surface area contributed by atoms with E-state index in [0.29, 0.717) is 0 Å². The van der Waals surface area contributed by atoms with Crippen molar-refractivity contribution in [2.75, 3.05) is 13.7 Å². The third-order valence-corrected chi connectivity index (χ3v) is 1.81. The summed E-state index contributed by atoms with van der Waals surface area (Å²) < 4.78 is 17.7. The lowest BCUT2D eigenvalue weighted by Crippen LogP contribution is -2.37. The van der Waals surface area contributed by atoms with E-state index >= 15 is 0 Å². The Morgan fingerprint density at radius 2 is 2.33 bits per heavy atom. The summed E-state index contributed by atoms with van der Waals surface area (Å²) in [6, 6.07) is 3.69. The van der Waals surface area contributed by atoms with Crippen molar-refractivity contribution >= 4 is 17.5 Å². The van der Waals surface area contributed by atoms with Crippen LogP contribution in [-0.4, -0.2) is 19.6 Å². The van der Waals surface area contributed by atoms with Crippen LogP contribution in [0, 0.1) is 5.82 Å². The van der Waals surface area contributed by atoms with Crippen LogP contribution < -0.4 is 15.6 Å². The van der Waals surface area contributed by atoms with Crippen molar-refractivity contribution in [2.24, 2.45) is 0 Å². The molecule has 82 valence electrons. The van der Waals surface area contributed by atoms with Crippen LogP contribution in [-0.2, 0) is 4.79 Å². The van der Waals surface area contributed by atoms with Crippen molar-refractivity contribution in [1.29, 1.82) is 0 Å². The molecule has 0 spiro atoms. The summed E-state index contributed by atoms with van der Waals surface area (Å²) in [4.78, 5) is 11.0. The first kappa shape index (κ1) is 11.7. The van der Waals surface area contributed by atoms with Gasteiger partial charge in [0, 0.05) is 7.05 Å². The van der Waals surface area contributed by atoms with Crippen LogP contribution in [0.15, 0.2) is 18.2 Å². The first-order valence-electron chi connectivity index (χ1n) is 4.17. The number of carbonyl (C=O) groups is 1. The lowest BCUT2D eigenvalue weighted by Gasteiger charge is -2.07. The molecule has 0 aromatic heterocycles. The third-order valence-electron chi connectivity index (χ3n) is 1.52. The highest BCUT2D eigenvalue weighted by Gasteiger charge is 2.05. The SMILES string of the molecule is CNNC(=O)COc1ccc(F)cc1Cl. The van der Waals surface area contributed by atoms with Gasteiger partial charge in [-0.05, 0) is 18.2 Å². The Morgan fingerprint density at radius 3 is 2.93 bits per heavy atom. The summed E-state index contributed by atoms with van der Waals surface area (Å²) in [7, 11) is 1.56. The molecule has 1 rings (SSSR count). The number of benzene rings is 1. The molecule has 0 saturated carbocycles. The summed E-state index contributed by atoms with van der Waals surface area (Å²) in [5, 5.41) is 0.132. The largest absolute Gasteiger partial charge is 0.482 e. The van der Waals surface area contributed by atoms with Crippen LogP contribution in [0.4, 0.5) is 4.39 Å². The fraction of sp³-hybridized carbons (Fsp3) is 0.222. The molecule has 4 nitrogen and oxygen atoms in total. The summed E-state index contributed by atoms with van der Waals surface area (Å²) in [6.45, 7) is -0.188. The Kier molecular flexibility index (Phi) is 4.33. The van der Waals surface area contributed by atoms with Gasteiger partial charge in [0.2, 0.25) is 0 Å². The fourth-order valence-corrected chi connectivity index (χ4v) is 1.13. The second kappa shape index (κ2) is 5.53. The molecular weight excluding hydrogens is 223 g/mol. The number of hydrogen-bond donors (Lipinski definition) is 2. The van der Waals surface area contributed by atoms with Crippen LogP contribution in [0.25, 0.3) is 0 Å². The maximum absolute atomic E-state index is 12.6. The molecule has 0 radical (unpaired) electrons. The summed E-state index contributed by atoms with van der Waals surface area (Å²) in [5.41, 5.74) is 4.77. The monoisotopic (exact) mass is 232 g/mol. The molecule has 1 aromatic rings. The quantitative estimate of drug-likeness (QED) is 0.765. The van der Waals surface area contributed by atoms with Gasteiger partial charge in [-0.1, -0.05) is 11.6 Å². The molecule has 1 amide bonds. The first-order chi connectivity index (χ1) is 7.13. The molecule has 0 fully saturated rings. The Hall–Kier alpha value is -1.33. The highest BCUT2D eigenvalue weighted by Crippen LogP contribution is 2.24. The van der Waals surface area contributed by atoms with Gasteiger partial charge in [0.15, 0.2) is 6.61 Å². The number of halogens is 2. The molecule has 0 aliphatic carbocycles. The molecule has 0 heterocycles. The van der Waals surface area contributed by atoms with E-state index < -0.39 is 5.82 Å². The predicted octanol–water partition coefficient (Wildman–Crippen LogP) is 1.11. The lowest BCUT2D eigenvalue weighted by atomic mass is 10.3. The van der Waals surface area contributed by atoms with Crippen LogP contribution in [0.3, 0.4) is 0 Å². The van der Waals surface area contributed by atoms with Gasteiger partial charge < -0.3 is 4.74 Å². The average Bonchev–Trinajstić information content (AvgIpc) is 2.17. The molecule has 15 heavy (non-hydrogen) atoms. The van der Waals surface area contributed by atoms with Crippen molar-refractivity contribution in [2.45, 2.75) is 0 Å². The minimum absolute atomic E-state index is 0.132. The van der Waals surface area contributed by atoms with Crippen LogP contribution in [0.1, 0.15) is 0 Å². The first-order valence-corrected chi connectivity index (χ1v) is 4.54. The molecule has 2 N–H and O–H groups in total. The highest BCUT2D eigenvalue weighted by molar-refractivity contribution is 6.32. The normalized spacial score (nSPS) is 9.80. The Morgan fingerprint density at radius 1 is 1.60 bits per heavy atom. The minimum atomic E-state index is -0.452. The molecule has 0 bridgehead atoms. The Labute approximate surface area is 91.3 Å². The predicted molar refractivity (Wildman–Crippen MR) is 54.1 cm³/mol. The minimum Gasteiger partial charge on any atom is -0.482 e. The summed E-state index contributed by atoms with van der Waals surface area (Å²) >= 11 is 5.68. The van der Waals surface area contributed by atoms with Gasteiger partial charge in [0.05, 0.1) is 5.02 Å². The van der Waals surface area contributed by atoms with Gasteiger partial charge in [0.1, 0.15) is 11.6 Å². The summed E-state index contributed by atoms with van der Waals surface area (Å²) in [6.07, 6.45) is 0. The van der Waals surface area contributed by atoms with Crippen LogP contribution in [0.5, 0.6) is 5.75 Å². The zero-order chi connectivity index (χ0) is 11.3. The van der Waals surface area contributed by atoms with Gasteiger partial charge in [-0.2, -0.15) is 0 Å². The number of nitrogens with one attached hydrogen (secondary N) is 2. The number of hydrogen-bond acceptors (Lipinski definition) is 3. The van der Waals surface area contributed by atoms with Crippen LogP contribution >= 0.6 is 11.6 Å². The zero-order valence-electron chi connectivity index (χ0n) is 8.01. The molecule has 0 unspecified atom stereocenters. The van der Waals surface area contributed by atoms with E-state index in [9.17, 15) is 9.18 Å². The van der Waals surface area contributed by atoms with Gasteiger partial charge in [-0.3, -0.25) is 10.2 Å². The van der Waals surface area contributed by atoms with Crippen molar-refractivity contribution in [1.82, 2.24) is 10.9 Å². The van der Waals surface area contributed by atoms with E-state index in [1.165, 1.54) is 12.1 Å². The third kappa shape index (κ3) is 3.73. The van der Waals surface area contributed by atoms with Gasteiger partial charge in [-0.15, -0.1) is 0 Å². The number of rotatable bonds is 4. The van der Waals surface area contributed by atoms with Crippen molar-refractivity contribution in [3.63, 3.8) is 0 Å². The number of carbonyl (C=O) groups excluding carboxylic acids is 1. The molecule has 0 atom stereocenters. The zero-order valence-corrected chi connectivity index (χ0v) is 8.77. The molecule has 0 saturated heterocycles.